The van der Waals surface area contributed by atoms with Crippen LogP contribution in [-0.2, 0) is 4.57 Å². The van der Waals surface area contributed by atoms with Gasteiger partial charge in [-0.15, -0.1) is 0 Å². The van der Waals surface area contributed by atoms with Gasteiger partial charge in [0.15, 0.2) is 5.56 Å². The van der Waals surface area contributed by atoms with Crippen molar-refractivity contribution < 1.29 is 13.9 Å². The first-order valence-electron chi connectivity index (χ1n) is 4.67. The molecule has 0 N–H and O–H groups in total. The van der Waals surface area contributed by atoms with Crippen LogP contribution in [0.2, 0.25) is 0 Å². The van der Waals surface area contributed by atoms with Crippen LogP contribution in [0.25, 0.3) is 11.0 Å². The van der Waals surface area contributed by atoms with Crippen molar-refractivity contribution in [1.82, 2.24) is 0 Å². The molecule has 1 atom stereocenters. The van der Waals surface area contributed by atoms with Crippen LogP contribution >= 0.6 is 8.03 Å². The molecule has 0 amide bonds. The van der Waals surface area contributed by atoms with Crippen LogP contribution in [0.5, 0.6) is 0 Å². The van der Waals surface area contributed by atoms with Crippen molar-refractivity contribution in [3.8, 4) is 6.07 Å². The van der Waals surface area contributed by atoms with Gasteiger partial charge in [0.25, 0.3) is 0 Å². The van der Waals surface area contributed by atoms with Crippen molar-refractivity contribution >= 4 is 24.3 Å². The van der Waals surface area contributed by atoms with Crippen LogP contribution in [0, 0.1) is 18.3 Å². The Hall–Kier alpha value is -2.02. The fraction of sp³-hybridized carbons (Fsp3) is 0.0909. The van der Waals surface area contributed by atoms with E-state index in [1.165, 1.54) is 6.07 Å². The van der Waals surface area contributed by atoms with Gasteiger partial charge < -0.3 is 9.31 Å². The van der Waals surface area contributed by atoms with E-state index in [1.54, 1.807) is 25.1 Å². The van der Waals surface area contributed by atoms with Crippen molar-refractivity contribution in [2.24, 2.45) is 0 Å². The first kappa shape index (κ1) is 11.5. The SMILES string of the molecule is Cc1cccc2oc(=O)c(C#N)c([P+](=O)[O-])c12. The molecule has 2 aromatic rings. The van der Waals surface area contributed by atoms with E-state index < -0.39 is 19.2 Å². The van der Waals surface area contributed by atoms with E-state index in [2.05, 4.69) is 0 Å². The minimum absolute atomic E-state index is 0.170. The Morgan fingerprint density at radius 3 is 2.76 bits per heavy atom. The molecular formula is C11H6NO4P. The highest BCUT2D eigenvalue weighted by molar-refractivity contribution is 7.46. The molecule has 0 bridgehead atoms. The average Bonchev–Trinajstić information content (AvgIpc) is 2.27. The predicted octanol–water partition coefficient (Wildman–Crippen LogP) is 0.701. The third kappa shape index (κ3) is 1.74. The van der Waals surface area contributed by atoms with Crippen LogP contribution in [0.1, 0.15) is 11.1 Å². The quantitative estimate of drug-likeness (QED) is 0.546. The number of hydrogen-bond acceptors (Lipinski definition) is 5. The molecule has 84 valence electrons. The minimum atomic E-state index is -3.04. The van der Waals surface area contributed by atoms with Gasteiger partial charge in [-0.1, -0.05) is 16.7 Å². The van der Waals surface area contributed by atoms with Crippen LogP contribution < -0.4 is 15.8 Å². The molecule has 0 radical (unpaired) electrons. The maximum absolute atomic E-state index is 11.4. The topological polar surface area (TPSA) is 94.1 Å². The zero-order valence-corrected chi connectivity index (χ0v) is 9.65. The second-order valence-corrected chi connectivity index (χ2v) is 4.39. The molecule has 1 unspecified atom stereocenters. The Kier molecular flexibility index (Phi) is 2.76. The number of nitrogens with zero attached hydrogens (tertiary/aromatic N) is 1. The van der Waals surface area contributed by atoms with Crippen molar-refractivity contribution in [3.05, 3.63) is 39.7 Å². The lowest BCUT2D eigenvalue weighted by Crippen LogP contribution is -2.20. The van der Waals surface area contributed by atoms with Crippen molar-refractivity contribution in [2.75, 3.05) is 0 Å². The number of aryl methyl sites for hydroxylation is 1. The molecule has 1 aromatic carbocycles. The zero-order valence-electron chi connectivity index (χ0n) is 8.76. The van der Waals surface area contributed by atoms with Crippen LogP contribution in [0.3, 0.4) is 0 Å². The molecule has 0 aliphatic heterocycles. The summed E-state index contributed by atoms with van der Waals surface area (Å²) in [5.74, 6) is 0. The standard InChI is InChI=1S/C11H6NO4P/c1-6-3-2-4-8-9(6)10(17(14)15)7(5-12)11(13)16-8/h2-4H,1H3. The number of fused-ring (bicyclic) bond motifs is 1. The Labute approximate surface area is 96.8 Å². The number of nitriles is 1. The van der Waals surface area contributed by atoms with Gasteiger partial charge >= 0.3 is 13.7 Å². The average molecular weight is 247 g/mol. The summed E-state index contributed by atoms with van der Waals surface area (Å²) in [7, 11) is -3.04. The molecule has 17 heavy (non-hydrogen) atoms. The molecule has 0 fully saturated rings. The van der Waals surface area contributed by atoms with Gasteiger partial charge in [0.05, 0.1) is 5.39 Å². The van der Waals surface area contributed by atoms with E-state index in [0.717, 1.165) is 0 Å². The monoisotopic (exact) mass is 247 g/mol. The maximum Gasteiger partial charge on any atom is 0.359 e. The van der Waals surface area contributed by atoms with E-state index >= 15 is 0 Å². The Morgan fingerprint density at radius 1 is 1.47 bits per heavy atom. The van der Waals surface area contributed by atoms with Crippen molar-refractivity contribution in [3.63, 3.8) is 0 Å². The van der Waals surface area contributed by atoms with Crippen LogP contribution in [-0.4, -0.2) is 0 Å². The van der Waals surface area contributed by atoms with Crippen LogP contribution in [0.4, 0.5) is 0 Å². The molecule has 0 saturated carbocycles. The normalized spacial score (nSPS) is 11.2. The lowest BCUT2D eigenvalue weighted by molar-refractivity contribution is -0.160. The van der Waals surface area contributed by atoms with Crippen molar-refractivity contribution in [2.45, 2.75) is 6.92 Å². The van der Waals surface area contributed by atoms with Gasteiger partial charge in [0, 0.05) is 0 Å². The highest BCUT2D eigenvalue weighted by Gasteiger charge is 2.25. The molecule has 1 heterocycles. The maximum atomic E-state index is 11.4. The Bertz CT molecular complexity index is 727. The highest BCUT2D eigenvalue weighted by Crippen LogP contribution is 2.22. The third-order valence-electron chi connectivity index (χ3n) is 2.41. The second kappa shape index (κ2) is 4.10. The van der Waals surface area contributed by atoms with E-state index in [1.807, 2.05) is 0 Å². The molecule has 0 aliphatic rings. The van der Waals surface area contributed by atoms with Gasteiger partial charge in [-0.3, -0.25) is 0 Å². The summed E-state index contributed by atoms with van der Waals surface area (Å²) in [4.78, 5) is 22.6. The first-order valence-corrected chi connectivity index (χ1v) is 5.85. The Balaban J connectivity index is 3.13. The Morgan fingerprint density at radius 2 is 2.18 bits per heavy atom. The van der Waals surface area contributed by atoms with E-state index in [9.17, 15) is 14.3 Å². The minimum Gasteiger partial charge on any atom is -0.591 e. The second-order valence-electron chi connectivity index (χ2n) is 3.43. The van der Waals surface area contributed by atoms with Gasteiger partial charge in [0.1, 0.15) is 11.7 Å². The molecule has 1 aromatic heterocycles. The number of benzene rings is 1. The molecule has 6 heteroatoms. The summed E-state index contributed by atoms with van der Waals surface area (Å²) >= 11 is 0. The van der Waals surface area contributed by atoms with Gasteiger partial charge in [-0.05, 0) is 18.6 Å². The summed E-state index contributed by atoms with van der Waals surface area (Å²) < 4.78 is 16.1. The van der Waals surface area contributed by atoms with Crippen molar-refractivity contribution in [1.29, 1.82) is 5.26 Å². The molecule has 0 saturated heterocycles. The smallest absolute Gasteiger partial charge is 0.359 e. The van der Waals surface area contributed by atoms with E-state index in [0.29, 0.717) is 10.9 Å². The largest absolute Gasteiger partial charge is 0.591 e. The van der Waals surface area contributed by atoms with Gasteiger partial charge in [-0.2, -0.15) is 5.26 Å². The highest BCUT2D eigenvalue weighted by atomic mass is 31.1. The van der Waals surface area contributed by atoms with Crippen LogP contribution in [0.15, 0.2) is 27.4 Å². The van der Waals surface area contributed by atoms with E-state index in [-0.39, 0.29) is 10.9 Å². The predicted molar refractivity (Wildman–Crippen MR) is 59.2 cm³/mol. The number of hydrogen-bond donors (Lipinski definition) is 0. The molecule has 0 spiro atoms. The van der Waals surface area contributed by atoms with Gasteiger partial charge in [0.2, 0.25) is 5.30 Å². The summed E-state index contributed by atoms with van der Waals surface area (Å²) in [5, 5.41) is 8.86. The fourth-order valence-corrected chi connectivity index (χ4v) is 2.48. The molecule has 0 aliphatic carbocycles. The summed E-state index contributed by atoms with van der Waals surface area (Å²) in [6.07, 6.45) is 0. The lowest BCUT2D eigenvalue weighted by atomic mass is 10.1. The summed E-state index contributed by atoms with van der Waals surface area (Å²) in [5.41, 5.74) is -0.595. The fourth-order valence-electron chi connectivity index (χ4n) is 1.68. The zero-order chi connectivity index (χ0) is 12.6. The van der Waals surface area contributed by atoms with Gasteiger partial charge in [-0.25, -0.2) is 4.79 Å². The molecule has 5 nitrogen and oxygen atoms in total. The molecule has 2 rings (SSSR count). The third-order valence-corrected chi connectivity index (χ3v) is 3.22. The summed E-state index contributed by atoms with van der Waals surface area (Å²) in [6, 6.07) is 6.40. The summed E-state index contributed by atoms with van der Waals surface area (Å²) in [6.45, 7) is 1.69. The lowest BCUT2D eigenvalue weighted by Gasteiger charge is -2.02. The first-order chi connectivity index (χ1) is 8.06. The molecular weight excluding hydrogens is 241 g/mol. The number of rotatable bonds is 1. The van der Waals surface area contributed by atoms with E-state index in [4.69, 9.17) is 9.68 Å².